The molecule has 0 radical (unpaired) electrons. The molecular weight excluding hydrogens is 286 g/mol. The van der Waals surface area contributed by atoms with Crippen LogP contribution in [0.5, 0.6) is 5.75 Å². The fourth-order valence-corrected chi connectivity index (χ4v) is 1.49. The molecule has 1 aromatic rings. The molecule has 7 nitrogen and oxygen atoms in total. The minimum atomic E-state index is -0.597. The Balaban J connectivity index is 0.00000361. The number of amides is 1. The summed E-state index contributed by atoms with van der Waals surface area (Å²) in [4.78, 5) is 22.2. The zero-order valence-corrected chi connectivity index (χ0v) is 12.1. The first-order valence-electron chi connectivity index (χ1n) is 5.82. The summed E-state index contributed by atoms with van der Waals surface area (Å²) in [6, 6.07) is 4.00. The number of hydrogen-bond acceptors (Lipinski definition) is 5. The Bertz CT molecular complexity index is 480. The Kier molecular flexibility index (Phi) is 7.56. The van der Waals surface area contributed by atoms with Crippen LogP contribution in [0.15, 0.2) is 18.2 Å². The lowest BCUT2D eigenvalue weighted by Crippen LogP contribution is -2.29. The predicted molar refractivity (Wildman–Crippen MR) is 77.5 cm³/mol. The molecule has 0 fully saturated rings. The van der Waals surface area contributed by atoms with E-state index < -0.39 is 10.8 Å². The topological polar surface area (TPSA) is 107 Å². The average Bonchev–Trinajstić information content (AvgIpc) is 2.37. The van der Waals surface area contributed by atoms with Crippen molar-refractivity contribution in [1.29, 1.82) is 0 Å². The maximum Gasteiger partial charge on any atom is 0.282 e. The predicted octanol–water partition coefficient (Wildman–Crippen LogP) is 1.49. The summed E-state index contributed by atoms with van der Waals surface area (Å²) in [5, 5.41) is 13.5. The van der Waals surface area contributed by atoms with Gasteiger partial charge < -0.3 is 15.8 Å². The van der Waals surface area contributed by atoms with E-state index in [9.17, 15) is 14.9 Å². The number of ether oxygens (including phenoxy) is 1. The second-order valence-electron chi connectivity index (χ2n) is 4.16. The normalized spacial score (nSPS) is 11.2. The molecule has 0 aliphatic carbocycles. The number of carbonyl (C=O) groups is 1. The number of nitro groups is 1. The number of nitro benzene ring substituents is 1. The van der Waals surface area contributed by atoms with Gasteiger partial charge in [-0.3, -0.25) is 14.9 Å². The molecule has 1 unspecified atom stereocenters. The van der Waals surface area contributed by atoms with Crippen LogP contribution in [0.2, 0.25) is 0 Å². The van der Waals surface area contributed by atoms with Crippen molar-refractivity contribution >= 4 is 24.0 Å². The Labute approximate surface area is 123 Å². The van der Waals surface area contributed by atoms with Gasteiger partial charge in [0.15, 0.2) is 0 Å². The average molecular weight is 304 g/mol. The van der Waals surface area contributed by atoms with E-state index in [-0.39, 0.29) is 29.7 Å². The number of methoxy groups -OCH3 is 1. The summed E-state index contributed by atoms with van der Waals surface area (Å²) in [6.07, 6.45) is 0.601. The number of benzene rings is 1. The van der Waals surface area contributed by atoms with Crippen molar-refractivity contribution in [3.05, 3.63) is 33.9 Å². The van der Waals surface area contributed by atoms with Gasteiger partial charge >= 0.3 is 0 Å². The maximum atomic E-state index is 11.9. The summed E-state index contributed by atoms with van der Waals surface area (Å²) in [6.45, 7) is 2.19. The summed E-state index contributed by atoms with van der Waals surface area (Å²) < 4.78 is 4.96. The summed E-state index contributed by atoms with van der Waals surface area (Å²) in [7, 11) is 1.43. The van der Waals surface area contributed by atoms with Gasteiger partial charge in [0.2, 0.25) is 0 Å². The number of rotatable bonds is 6. The van der Waals surface area contributed by atoms with Gasteiger partial charge in [-0.25, -0.2) is 0 Å². The number of nitrogens with zero attached hydrogens (tertiary/aromatic N) is 1. The van der Waals surface area contributed by atoms with Crippen molar-refractivity contribution in [3.63, 3.8) is 0 Å². The van der Waals surface area contributed by atoms with Crippen molar-refractivity contribution in [3.8, 4) is 5.75 Å². The highest BCUT2D eigenvalue weighted by atomic mass is 35.5. The number of hydrogen-bond donors (Lipinski definition) is 2. The lowest BCUT2D eigenvalue weighted by Gasteiger charge is -2.08. The monoisotopic (exact) mass is 303 g/mol. The van der Waals surface area contributed by atoms with Crippen molar-refractivity contribution in [1.82, 2.24) is 5.32 Å². The molecule has 0 saturated carbocycles. The van der Waals surface area contributed by atoms with Gasteiger partial charge in [0.1, 0.15) is 11.3 Å². The molecule has 1 aromatic carbocycles. The largest absolute Gasteiger partial charge is 0.497 e. The minimum Gasteiger partial charge on any atom is -0.497 e. The van der Waals surface area contributed by atoms with E-state index in [0.717, 1.165) is 0 Å². The Morgan fingerprint density at radius 1 is 1.55 bits per heavy atom. The second kappa shape index (κ2) is 8.34. The van der Waals surface area contributed by atoms with Gasteiger partial charge in [-0.1, -0.05) is 0 Å². The molecular formula is C12H18ClN3O4. The molecule has 20 heavy (non-hydrogen) atoms. The summed E-state index contributed by atoms with van der Waals surface area (Å²) in [5.74, 6) is -0.116. The first kappa shape index (κ1) is 18.1. The lowest BCUT2D eigenvalue weighted by molar-refractivity contribution is -0.385. The molecule has 0 heterocycles. The van der Waals surface area contributed by atoms with Crippen LogP contribution < -0.4 is 15.8 Å². The maximum absolute atomic E-state index is 11.9. The standard InChI is InChI=1S/C12H17N3O4.ClH/c1-8(13)5-6-14-12(16)10-7-9(19-2)3-4-11(10)15(17)18;/h3-4,7-8H,5-6,13H2,1-2H3,(H,14,16);1H. The van der Waals surface area contributed by atoms with Gasteiger partial charge in [0, 0.05) is 18.7 Å². The van der Waals surface area contributed by atoms with E-state index in [1.54, 1.807) is 0 Å². The molecule has 1 rings (SSSR count). The van der Waals surface area contributed by atoms with Gasteiger partial charge in [-0.05, 0) is 25.5 Å². The van der Waals surface area contributed by atoms with Gasteiger partial charge in [0.05, 0.1) is 12.0 Å². The van der Waals surface area contributed by atoms with Crippen LogP contribution in [-0.4, -0.2) is 30.5 Å². The molecule has 0 saturated heterocycles. The zero-order chi connectivity index (χ0) is 14.4. The van der Waals surface area contributed by atoms with Crippen LogP contribution in [0.3, 0.4) is 0 Å². The van der Waals surface area contributed by atoms with Crippen LogP contribution in [0, 0.1) is 10.1 Å². The molecule has 1 atom stereocenters. The number of carbonyl (C=O) groups excluding carboxylic acids is 1. The molecule has 0 aliphatic heterocycles. The van der Waals surface area contributed by atoms with Crippen LogP contribution in [-0.2, 0) is 0 Å². The summed E-state index contributed by atoms with van der Waals surface area (Å²) in [5.41, 5.74) is 5.29. The van der Waals surface area contributed by atoms with Crippen molar-refractivity contribution in [2.45, 2.75) is 19.4 Å². The molecule has 0 bridgehead atoms. The fourth-order valence-electron chi connectivity index (χ4n) is 1.49. The van der Waals surface area contributed by atoms with Crippen LogP contribution in [0.25, 0.3) is 0 Å². The quantitative estimate of drug-likeness (QED) is 0.611. The number of halogens is 1. The van der Waals surface area contributed by atoms with Crippen LogP contribution >= 0.6 is 12.4 Å². The smallest absolute Gasteiger partial charge is 0.282 e. The van der Waals surface area contributed by atoms with E-state index in [1.807, 2.05) is 6.92 Å². The minimum absolute atomic E-state index is 0. The van der Waals surface area contributed by atoms with E-state index in [2.05, 4.69) is 5.32 Å². The van der Waals surface area contributed by atoms with Crippen LogP contribution in [0.1, 0.15) is 23.7 Å². The Hall–Kier alpha value is -1.86. The molecule has 0 aromatic heterocycles. The van der Waals surface area contributed by atoms with Crippen molar-refractivity contribution < 1.29 is 14.5 Å². The summed E-state index contributed by atoms with van der Waals surface area (Å²) >= 11 is 0. The SMILES string of the molecule is COc1ccc([N+](=O)[O-])c(C(=O)NCCC(C)N)c1.Cl. The van der Waals surface area contributed by atoms with Crippen molar-refractivity contribution in [2.75, 3.05) is 13.7 Å². The Morgan fingerprint density at radius 3 is 2.70 bits per heavy atom. The number of nitrogens with one attached hydrogen (secondary N) is 1. The van der Waals surface area contributed by atoms with Gasteiger partial charge in [0.25, 0.3) is 11.6 Å². The zero-order valence-electron chi connectivity index (χ0n) is 11.3. The second-order valence-corrected chi connectivity index (χ2v) is 4.16. The fraction of sp³-hybridized carbons (Fsp3) is 0.417. The molecule has 112 valence electrons. The van der Waals surface area contributed by atoms with E-state index in [0.29, 0.717) is 18.7 Å². The van der Waals surface area contributed by atoms with Gasteiger partial charge in [-0.2, -0.15) is 0 Å². The third-order valence-electron chi connectivity index (χ3n) is 2.53. The Morgan fingerprint density at radius 2 is 2.20 bits per heavy atom. The highest BCUT2D eigenvalue weighted by Gasteiger charge is 2.20. The lowest BCUT2D eigenvalue weighted by atomic mass is 10.1. The highest BCUT2D eigenvalue weighted by molar-refractivity contribution is 5.98. The van der Waals surface area contributed by atoms with Crippen LogP contribution in [0.4, 0.5) is 5.69 Å². The first-order valence-corrected chi connectivity index (χ1v) is 5.82. The van der Waals surface area contributed by atoms with E-state index >= 15 is 0 Å². The van der Waals surface area contributed by atoms with E-state index in [1.165, 1.54) is 25.3 Å². The van der Waals surface area contributed by atoms with Gasteiger partial charge in [-0.15, -0.1) is 12.4 Å². The molecule has 0 spiro atoms. The first-order chi connectivity index (χ1) is 8.95. The molecule has 1 amide bonds. The van der Waals surface area contributed by atoms with Crippen molar-refractivity contribution in [2.24, 2.45) is 5.73 Å². The number of nitrogens with two attached hydrogens (primary N) is 1. The highest BCUT2D eigenvalue weighted by Crippen LogP contribution is 2.23. The molecule has 3 N–H and O–H groups in total. The third-order valence-corrected chi connectivity index (χ3v) is 2.53. The molecule has 8 heteroatoms. The van der Waals surface area contributed by atoms with E-state index in [4.69, 9.17) is 10.5 Å². The molecule has 0 aliphatic rings. The third kappa shape index (κ3) is 5.02.